The molecule has 3 aromatic heterocycles. The van der Waals surface area contributed by atoms with Crippen LogP contribution in [0.5, 0.6) is 5.75 Å². The molecule has 1 aliphatic rings. The number of anilines is 2. The van der Waals surface area contributed by atoms with Gasteiger partial charge in [0.25, 0.3) is 0 Å². The maximum absolute atomic E-state index is 8.80. The second-order valence-corrected chi connectivity index (χ2v) is 6.69. The molecular weight excluding hydrogens is 356 g/mol. The Morgan fingerprint density at radius 1 is 1.21 bits per heavy atom. The molecule has 0 unspecified atom stereocenters. The summed E-state index contributed by atoms with van der Waals surface area (Å²) in [5.74, 6) is 1.80. The summed E-state index contributed by atoms with van der Waals surface area (Å²) in [7, 11) is 1.97. The van der Waals surface area contributed by atoms with Crippen LogP contribution in [0.2, 0.25) is 0 Å². The third-order valence-electron chi connectivity index (χ3n) is 4.65. The number of aromatic amines is 1. The van der Waals surface area contributed by atoms with E-state index in [4.69, 9.17) is 10.00 Å². The van der Waals surface area contributed by atoms with Gasteiger partial charge in [-0.05, 0) is 38.9 Å². The smallest absolute Gasteiger partial charge is 0.158 e. The van der Waals surface area contributed by atoms with Crippen LogP contribution >= 0.6 is 0 Å². The Hall–Kier alpha value is -3.51. The van der Waals surface area contributed by atoms with Crippen LogP contribution in [0, 0.1) is 18.3 Å². The van der Waals surface area contributed by atoms with Crippen molar-refractivity contribution < 1.29 is 4.74 Å². The van der Waals surface area contributed by atoms with Crippen molar-refractivity contribution in [1.82, 2.24) is 30.5 Å². The molecule has 1 fully saturated rings. The number of hydrogen-bond donors (Lipinski definition) is 3. The van der Waals surface area contributed by atoms with Crippen LogP contribution in [0.25, 0.3) is 11.4 Å². The van der Waals surface area contributed by atoms with Gasteiger partial charge >= 0.3 is 0 Å². The van der Waals surface area contributed by atoms with E-state index < -0.39 is 0 Å². The maximum atomic E-state index is 8.80. The van der Waals surface area contributed by atoms with E-state index in [1.807, 2.05) is 38.2 Å². The van der Waals surface area contributed by atoms with Crippen LogP contribution in [0.1, 0.15) is 24.2 Å². The van der Waals surface area contributed by atoms with E-state index in [1.54, 1.807) is 0 Å². The lowest BCUT2D eigenvalue weighted by molar-refractivity contribution is 0.0887. The van der Waals surface area contributed by atoms with E-state index >= 15 is 0 Å². The minimum Gasteiger partial charge on any atom is -0.488 e. The molecule has 4 rings (SSSR count). The first-order chi connectivity index (χ1) is 13.6. The normalized spacial score (nSPS) is 18.2. The van der Waals surface area contributed by atoms with Crippen molar-refractivity contribution in [2.24, 2.45) is 0 Å². The summed E-state index contributed by atoms with van der Waals surface area (Å²) in [5.41, 5.74) is 2.62. The van der Waals surface area contributed by atoms with Crippen molar-refractivity contribution in [1.29, 1.82) is 5.26 Å². The number of pyridine rings is 1. The lowest BCUT2D eigenvalue weighted by Gasteiger charge is -2.35. The van der Waals surface area contributed by atoms with Gasteiger partial charge in [0.1, 0.15) is 29.4 Å². The summed E-state index contributed by atoms with van der Waals surface area (Å²) in [5, 5.41) is 22.4. The second kappa shape index (κ2) is 7.62. The number of H-pyrrole nitrogens is 1. The molecule has 0 aromatic carbocycles. The highest BCUT2D eigenvalue weighted by molar-refractivity contribution is 5.67. The number of hydrogen-bond acceptors (Lipinski definition) is 8. The largest absolute Gasteiger partial charge is 0.488 e. The van der Waals surface area contributed by atoms with Gasteiger partial charge in [0.2, 0.25) is 0 Å². The van der Waals surface area contributed by atoms with Gasteiger partial charge in [-0.3, -0.25) is 5.10 Å². The van der Waals surface area contributed by atoms with E-state index in [0.717, 1.165) is 35.7 Å². The van der Waals surface area contributed by atoms with Gasteiger partial charge in [0.15, 0.2) is 11.5 Å². The van der Waals surface area contributed by atoms with Crippen LogP contribution < -0.4 is 15.4 Å². The van der Waals surface area contributed by atoms with E-state index in [0.29, 0.717) is 17.7 Å². The Morgan fingerprint density at radius 3 is 2.79 bits per heavy atom. The summed E-state index contributed by atoms with van der Waals surface area (Å²) >= 11 is 0. The molecule has 0 amide bonds. The number of nitriles is 1. The number of rotatable bonds is 6. The molecule has 0 saturated heterocycles. The van der Waals surface area contributed by atoms with Crippen LogP contribution in [0.4, 0.5) is 11.6 Å². The van der Waals surface area contributed by atoms with Crippen molar-refractivity contribution in [3.05, 3.63) is 42.0 Å². The van der Waals surface area contributed by atoms with E-state index in [1.165, 1.54) is 12.4 Å². The topological polar surface area (TPSA) is 124 Å². The lowest BCUT2D eigenvalue weighted by Crippen LogP contribution is -2.45. The number of ether oxygens (including phenoxy) is 1. The van der Waals surface area contributed by atoms with Gasteiger partial charge in [-0.1, -0.05) is 0 Å². The summed E-state index contributed by atoms with van der Waals surface area (Å²) in [6.45, 7) is 1.94. The number of aromatic nitrogens is 5. The first kappa shape index (κ1) is 17.9. The molecule has 0 bridgehead atoms. The first-order valence-electron chi connectivity index (χ1n) is 9.01. The zero-order valence-electron chi connectivity index (χ0n) is 15.6. The fourth-order valence-electron chi connectivity index (χ4n) is 3.00. The Morgan fingerprint density at radius 2 is 2.07 bits per heavy atom. The predicted molar refractivity (Wildman–Crippen MR) is 103 cm³/mol. The molecule has 0 spiro atoms. The summed E-state index contributed by atoms with van der Waals surface area (Å²) in [4.78, 5) is 12.8. The van der Waals surface area contributed by atoms with Crippen LogP contribution in [-0.2, 0) is 0 Å². The third-order valence-corrected chi connectivity index (χ3v) is 4.65. The van der Waals surface area contributed by atoms with Gasteiger partial charge in [-0.15, -0.1) is 0 Å². The lowest BCUT2D eigenvalue weighted by atomic mass is 9.89. The Labute approximate surface area is 162 Å². The molecular formula is C19H20N8O. The number of aryl methyl sites for hydroxylation is 1. The molecule has 142 valence electrons. The number of nitrogens with one attached hydrogen (secondary N) is 3. The van der Waals surface area contributed by atoms with Crippen molar-refractivity contribution in [3.8, 4) is 23.2 Å². The highest BCUT2D eigenvalue weighted by Gasteiger charge is 2.30. The summed E-state index contributed by atoms with van der Waals surface area (Å²) < 4.78 is 6.15. The average Bonchev–Trinajstić information content (AvgIpc) is 3.14. The molecule has 28 heavy (non-hydrogen) atoms. The fourth-order valence-corrected chi connectivity index (χ4v) is 3.00. The monoisotopic (exact) mass is 376 g/mol. The molecule has 9 heteroatoms. The molecule has 0 aliphatic heterocycles. The Bertz CT molecular complexity index is 1000. The first-order valence-corrected chi connectivity index (χ1v) is 9.01. The Kier molecular flexibility index (Phi) is 4.87. The van der Waals surface area contributed by atoms with E-state index in [2.05, 4.69) is 35.8 Å². The van der Waals surface area contributed by atoms with Crippen LogP contribution in [0.3, 0.4) is 0 Å². The molecule has 1 aliphatic carbocycles. The van der Waals surface area contributed by atoms with Crippen molar-refractivity contribution in [2.75, 3.05) is 12.4 Å². The zero-order valence-corrected chi connectivity index (χ0v) is 15.6. The molecule has 3 heterocycles. The molecule has 1 saturated carbocycles. The minimum atomic E-state index is 0.190. The maximum Gasteiger partial charge on any atom is 0.158 e. The average molecular weight is 376 g/mol. The van der Waals surface area contributed by atoms with Crippen molar-refractivity contribution in [2.45, 2.75) is 31.9 Å². The number of nitrogens with zero attached hydrogens (tertiary/aromatic N) is 5. The molecule has 0 radical (unpaired) electrons. The molecule has 9 nitrogen and oxygen atoms in total. The highest BCUT2D eigenvalue weighted by Crippen LogP contribution is 2.33. The molecule has 3 aromatic rings. The third kappa shape index (κ3) is 3.77. The SMILES string of the molecule is CNC1CC(Oc2ccc(C)nc2-c2cc(Nc3cnc(C#N)cn3)n[nH]2)C1. The van der Waals surface area contributed by atoms with Crippen LogP contribution in [-0.4, -0.2) is 44.3 Å². The quantitative estimate of drug-likeness (QED) is 0.599. The fraction of sp³-hybridized carbons (Fsp3) is 0.316. The molecule has 3 N–H and O–H groups in total. The Balaban J connectivity index is 1.52. The van der Waals surface area contributed by atoms with Gasteiger partial charge in [0, 0.05) is 17.8 Å². The standard InChI is InChI=1S/C19H20N8O/c1-11-3-4-16(28-14-5-12(6-14)21-2)19(24-11)15-7-17(27-26-15)25-18-10-22-13(8-20)9-23-18/h3-4,7,9-10,12,14,21H,5-6H2,1-2H3,(H2,23,25,26,27). The molecule has 0 atom stereocenters. The zero-order chi connectivity index (χ0) is 19.5. The minimum absolute atomic E-state index is 0.190. The van der Waals surface area contributed by atoms with Gasteiger partial charge in [-0.2, -0.15) is 10.4 Å². The predicted octanol–water partition coefficient (Wildman–Crippen LogP) is 2.31. The van der Waals surface area contributed by atoms with E-state index in [9.17, 15) is 0 Å². The van der Waals surface area contributed by atoms with Crippen molar-refractivity contribution in [3.63, 3.8) is 0 Å². The van der Waals surface area contributed by atoms with E-state index in [-0.39, 0.29) is 11.8 Å². The summed E-state index contributed by atoms with van der Waals surface area (Å²) in [6.07, 6.45) is 5.05. The van der Waals surface area contributed by atoms with Gasteiger partial charge in [-0.25, -0.2) is 15.0 Å². The second-order valence-electron chi connectivity index (χ2n) is 6.69. The van der Waals surface area contributed by atoms with Gasteiger partial charge < -0.3 is 15.4 Å². The van der Waals surface area contributed by atoms with Gasteiger partial charge in [0.05, 0.1) is 18.1 Å². The van der Waals surface area contributed by atoms with Crippen molar-refractivity contribution >= 4 is 11.6 Å². The summed E-state index contributed by atoms with van der Waals surface area (Å²) in [6, 6.07) is 8.18. The van der Waals surface area contributed by atoms with Crippen LogP contribution in [0.15, 0.2) is 30.6 Å². The highest BCUT2D eigenvalue weighted by atomic mass is 16.5.